The van der Waals surface area contributed by atoms with Crippen LogP contribution >= 0.6 is 0 Å². The Morgan fingerprint density at radius 3 is 2.77 bits per heavy atom. The van der Waals surface area contributed by atoms with Crippen LogP contribution in [-0.2, 0) is 16.4 Å². The molecule has 1 aromatic carbocycles. The van der Waals surface area contributed by atoms with Crippen molar-refractivity contribution in [1.29, 1.82) is 0 Å². The minimum atomic E-state index is -4.01. The Morgan fingerprint density at radius 2 is 2.04 bits per heavy atom. The number of rotatable bonds is 5. The first kappa shape index (κ1) is 17.5. The van der Waals surface area contributed by atoms with Gasteiger partial charge in [-0.3, -0.25) is 0 Å². The minimum absolute atomic E-state index is 0.0227. The summed E-state index contributed by atoms with van der Waals surface area (Å²) in [6.07, 6.45) is 4.16. The highest BCUT2D eigenvalue weighted by atomic mass is 32.2. The maximum absolute atomic E-state index is 14.0. The van der Waals surface area contributed by atoms with Gasteiger partial charge in [0.1, 0.15) is 16.5 Å². The van der Waals surface area contributed by atoms with Gasteiger partial charge in [0.15, 0.2) is 5.82 Å². The second-order valence-corrected chi connectivity index (χ2v) is 8.88. The molecule has 6 nitrogen and oxygen atoms in total. The van der Waals surface area contributed by atoms with Gasteiger partial charge in [0, 0.05) is 31.5 Å². The normalized spacial score (nSPS) is 21.8. The number of sulfonamides is 1. The zero-order valence-electron chi connectivity index (χ0n) is 14.1. The van der Waals surface area contributed by atoms with Crippen LogP contribution in [0.25, 0.3) is 0 Å². The van der Waals surface area contributed by atoms with Crippen molar-refractivity contribution in [2.75, 3.05) is 13.1 Å². The van der Waals surface area contributed by atoms with Gasteiger partial charge in [-0.1, -0.05) is 5.16 Å². The Labute approximate surface area is 150 Å². The molecule has 0 radical (unpaired) electrons. The van der Waals surface area contributed by atoms with E-state index in [0.717, 1.165) is 37.2 Å². The number of nitrogens with zero attached hydrogens (tertiary/aromatic N) is 3. The smallest absolute Gasteiger partial charge is 0.245 e. The molecule has 2 fully saturated rings. The lowest BCUT2D eigenvalue weighted by Gasteiger charge is -2.31. The van der Waals surface area contributed by atoms with Gasteiger partial charge in [0.25, 0.3) is 0 Å². The molecule has 2 aliphatic rings. The zero-order valence-corrected chi connectivity index (χ0v) is 14.9. The number of piperidine rings is 1. The van der Waals surface area contributed by atoms with Gasteiger partial charge in [0.05, 0.1) is 0 Å². The van der Waals surface area contributed by atoms with Crippen molar-refractivity contribution >= 4 is 10.0 Å². The van der Waals surface area contributed by atoms with Crippen molar-refractivity contribution < 1.29 is 21.7 Å². The van der Waals surface area contributed by atoms with E-state index in [1.165, 1.54) is 4.31 Å². The quantitative estimate of drug-likeness (QED) is 0.794. The molecule has 26 heavy (non-hydrogen) atoms. The fourth-order valence-corrected chi connectivity index (χ4v) is 4.94. The van der Waals surface area contributed by atoms with Crippen LogP contribution in [0.4, 0.5) is 8.78 Å². The fourth-order valence-electron chi connectivity index (χ4n) is 3.34. The molecule has 9 heteroatoms. The summed E-state index contributed by atoms with van der Waals surface area (Å²) >= 11 is 0. The van der Waals surface area contributed by atoms with Crippen molar-refractivity contribution in [1.82, 2.24) is 14.4 Å². The molecule has 0 N–H and O–H groups in total. The minimum Gasteiger partial charge on any atom is -0.339 e. The summed E-state index contributed by atoms with van der Waals surface area (Å²) < 4.78 is 59.0. The maximum atomic E-state index is 14.0. The zero-order chi connectivity index (χ0) is 18.3. The fraction of sp³-hybridized carbons (Fsp3) is 0.529. The highest BCUT2D eigenvalue weighted by Crippen LogP contribution is 2.38. The largest absolute Gasteiger partial charge is 0.339 e. The van der Waals surface area contributed by atoms with E-state index >= 15 is 0 Å². The number of halogens is 2. The number of aromatic nitrogens is 2. The van der Waals surface area contributed by atoms with Crippen LogP contribution in [0.3, 0.4) is 0 Å². The molecule has 140 valence electrons. The van der Waals surface area contributed by atoms with Crippen LogP contribution in [-0.4, -0.2) is 36.0 Å². The van der Waals surface area contributed by atoms with E-state index in [1.54, 1.807) is 0 Å². The van der Waals surface area contributed by atoms with Gasteiger partial charge in [-0.25, -0.2) is 17.2 Å². The molecule has 1 atom stereocenters. The SMILES string of the molecule is O=S(=O)(c1ccc(F)cc1F)N1CCCC(Cc2nc(C3CC3)no2)C1. The number of hydrogen-bond donors (Lipinski definition) is 0. The monoisotopic (exact) mass is 383 g/mol. The molecule has 1 saturated heterocycles. The second kappa shape index (κ2) is 6.70. The molecular formula is C17H19F2N3O3S. The van der Waals surface area contributed by atoms with Crippen LogP contribution < -0.4 is 0 Å². The van der Waals surface area contributed by atoms with Crippen LogP contribution in [0, 0.1) is 17.6 Å². The summed E-state index contributed by atoms with van der Waals surface area (Å²) in [5.74, 6) is -0.205. The van der Waals surface area contributed by atoms with Crippen LogP contribution in [0.1, 0.15) is 43.3 Å². The third kappa shape index (κ3) is 3.50. The third-order valence-electron chi connectivity index (χ3n) is 4.88. The van der Waals surface area contributed by atoms with E-state index in [1.807, 2.05) is 0 Å². The number of hydrogen-bond acceptors (Lipinski definition) is 5. The standard InChI is InChI=1S/C17H19F2N3O3S/c18-13-5-6-15(14(19)9-13)26(23,24)22-7-1-2-11(10-22)8-16-20-17(21-25-16)12-3-4-12/h5-6,9,11-12H,1-4,7-8,10H2. The van der Waals surface area contributed by atoms with Crippen molar-refractivity contribution in [3.63, 3.8) is 0 Å². The van der Waals surface area contributed by atoms with E-state index in [-0.39, 0.29) is 12.5 Å². The lowest BCUT2D eigenvalue weighted by atomic mass is 9.96. The van der Waals surface area contributed by atoms with Crippen LogP contribution in [0.5, 0.6) is 0 Å². The lowest BCUT2D eigenvalue weighted by molar-refractivity contribution is 0.246. The summed E-state index contributed by atoms with van der Waals surface area (Å²) in [5.41, 5.74) is 0. The molecular weight excluding hydrogens is 364 g/mol. The van der Waals surface area contributed by atoms with Gasteiger partial charge in [0.2, 0.25) is 15.9 Å². The van der Waals surface area contributed by atoms with E-state index in [2.05, 4.69) is 10.1 Å². The third-order valence-corrected chi connectivity index (χ3v) is 6.78. The Hall–Kier alpha value is -1.87. The van der Waals surface area contributed by atoms with Gasteiger partial charge < -0.3 is 4.52 Å². The molecule has 0 amide bonds. The van der Waals surface area contributed by atoms with E-state index in [0.29, 0.717) is 37.3 Å². The lowest BCUT2D eigenvalue weighted by Crippen LogP contribution is -2.40. The Morgan fingerprint density at radius 1 is 1.23 bits per heavy atom. The predicted molar refractivity (Wildman–Crippen MR) is 87.8 cm³/mol. The molecule has 1 aromatic heterocycles. The molecule has 4 rings (SSSR count). The highest BCUT2D eigenvalue weighted by Gasteiger charge is 2.34. The molecule has 0 spiro atoms. The Bertz CT molecular complexity index is 912. The van der Waals surface area contributed by atoms with Gasteiger partial charge >= 0.3 is 0 Å². The average Bonchev–Trinajstić information content (AvgIpc) is 3.35. The molecule has 2 heterocycles. The van der Waals surface area contributed by atoms with E-state index < -0.39 is 26.6 Å². The number of benzene rings is 1. The van der Waals surface area contributed by atoms with Crippen molar-refractivity contribution in [3.8, 4) is 0 Å². The van der Waals surface area contributed by atoms with Crippen LogP contribution in [0.2, 0.25) is 0 Å². The van der Waals surface area contributed by atoms with Gasteiger partial charge in [-0.15, -0.1) is 0 Å². The summed E-state index contributed by atoms with van der Waals surface area (Å²) in [7, 11) is -4.01. The first-order valence-corrected chi connectivity index (χ1v) is 10.1. The Balaban J connectivity index is 1.48. The maximum Gasteiger partial charge on any atom is 0.245 e. The first-order valence-electron chi connectivity index (χ1n) is 8.71. The predicted octanol–water partition coefficient (Wildman–Crippen LogP) is 2.87. The summed E-state index contributed by atoms with van der Waals surface area (Å²) in [6.45, 7) is 0.563. The summed E-state index contributed by atoms with van der Waals surface area (Å²) in [5, 5.41) is 3.98. The van der Waals surface area contributed by atoms with Crippen molar-refractivity contribution in [2.45, 2.75) is 42.9 Å². The summed E-state index contributed by atoms with van der Waals surface area (Å²) in [4.78, 5) is 3.90. The average molecular weight is 383 g/mol. The molecule has 0 bridgehead atoms. The van der Waals surface area contributed by atoms with Crippen LogP contribution in [0.15, 0.2) is 27.6 Å². The molecule has 2 aromatic rings. The van der Waals surface area contributed by atoms with E-state index in [9.17, 15) is 17.2 Å². The molecule has 1 aliphatic carbocycles. The van der Waals surface area contributed by atoms with Crippen molar-refractivity contribution in [2.24, 2.45) is 5.92 Å². The highest BCUT2D eigenvalue weighted by molar-refractivity contribution is 7.89. The summed E-state index contributed by atoms with van der Waals surface area (Å²) in [6, 6.07) is 2.52. The van der Waals surface area contributed by atoms with E-state index in [4.69, 9.17) is 4.52 Å². The topological polar surface area (TPSA) is 76.3 Å². The molecule has 1 saturated carbocycles. The van der Waals surface area contributed by atoms with Gasteiger partial charge in [-0.05, 0) is 43.7 Å². The Kier molecular flexibility index (Phi) is 4.52. The second-order valence-electron chi connectivity index (χ2n) is 6.97. The molecule has 1 aliphatic heterocycles. The van der Waals surface area contributed by atoms with Gasteiger partial charge in [-0.2, -0.15) is 9.29 Å². The molecule has 1 unspecified atom stereocenters. The first-order chi connectivity index (χ1) is 12.4. The van der Waals surface area contributed by atoms with Crippen molar-refractivity contribution in [3.05, 3.63) is 41.5 Å².